The van der Waals surface area contributed by atoms with Gasteiger partial charge in [0.05, 0.1) is 30.9 Å². The monoisotopic (exact) mass is 560 g/mol. The number of methoxy groups -OCH3 is 2. The number of aromatic nitrogens is 1. The van der Waals surface area contributed by atoms with Gasteiger partial charge in [-0.25, -0.2) is 4.98 Å². The van der Waals surface area contributed by atoms with Crippen molar-refractivity contribution in [3.8, 4) is 11.5 Å². The number of benzene rings is 2. The molecule has 0 saturated heterocycles. The van der Waals surface area contributed by atoms with Gasteiger partial charge in [0.25, 0.3) is 5.91 Å². The number of hydrogen-bond donors (Lipinski definition) is 3. The maximum absolute atomic E-state index is 14.0. The molecule has 1 aliphatic heterocycles. The van der Waals surface area contributed by atoms with E-state index in [2.05, 4.69) is 29.5 Å². The maximum Gasteiger partial charge on any atom is 0.256 e. The number of ether oxygens (including phenoxy) is 2. The van der Waals surface area contributed by atoms with Crippen molar-refractivity contribution in [1.29, 1.82) is 0 Å². The Hall–Kier alpha value is -4.18. The van der Waals surface area contributed by atoms with Gasteiger partial charge in [0, 0.05) is 46.5 Å². The van der Waals surface area contributed by atoms with Crippen LogP contribution in [-0.4, -0.2) is 36.8 Å². The Morgan fingerprint density at radius 3 is 2.62 bits per heavy atom. The summed E-state index contributed by atoms with van der Waals surface area (Å²) < 4.78 is 11.7. The summed E-state index contributed by atoms with van der Waals surface area (Å²) in [6.07, 6.45) is 0.997. The fourth-order valence-corrected chi connectivity index (χ4v) is 6.47. The minimum atomic E-state index is -0.646. The second kappa shape index (κ2) is 10.4. The molecule has 0 bridgehead atoms. The Morgan fingerprint density at radius 1 is 1.15 bits per heavy atom. The number of carbonyl (C=O) groups is 3. The first kappa shape index (κ1) is 27.4. The Balaban J connectivity index is 1.60. The highest BCUT2D eigenvalue weighted by atomic mass is 32.1. The van der Waals surface area contributed by atoms with Gasteiger partial charge < -0.3 is 20.5 Å². The Morgan fingerprint density at radius 2 is 1.93 bits per heavy atom. The third-order valence-electron chi connectivity index (χ3n) is 7.30. The number of anilines is 1. The molecule has 1 aromatic heterocycles. The molecule has 3 aromatic rings. The normalized spacial score (nSPS) is 18.3. The van der Waals surface area contributed by atoms with Crippen LogP contribution in [0.2, 0.25) is 0 Å². The average molecular weight is 561 g/mol. The van der Waals surface area contributed by atoms with E-state index in [1.807, 2.05) is 37.3 Å². The van der Waals surface area contributed by atoms with Crippen LogP contribution in [0.1, 0.15) is 50.7 Å². The first-order chi connectivity index (χ1) is 19.0. The number of Topliss-reactive ketones (excluding diaryl/α,β-unsaturated/α-hetero) is 1. The Bertz CT molecular complexity index is 1620. The van der Waals surface area contributed by atoms with E-state index in [4.69, 9.17) is 15.2 Å². The van der Waals surface area contributed by atoms with Gasteiger partial charge in [-0.05, 0) is 42.5 Å². The number of nitrogens with one attached hydrogen (secondary N) is 2. The molecule has 2 aromatic carbocycles. The van der Waals surface area contributed by atoms with E-state index in [1.165, 1.54) is 18.4 Å². The molecule has 0 unspecified atom stereocenters. The van der Waals surface area contributed by atoms with Crippen molar-refractivity contribution in [2.45, 2.75) is 46.0 Å². The van der Waals surface area contributed by atoms with E-state index in [-0.39, 0.29) is 23.5 Å². The predicted molar refractivity (Wildman–Crippen MR) is 154 cm³/mol. The minimum absolute atomic E-state index is 0.0131. The molecule has 2 amide bonds. The van der Waals surface area contributed by atoms with Crippen molar-refractivity contribution in [1.82, 2.24) is 10.3 Å². The lowest BCUT2D eigenvalue weighted by molar-refractivity contribution is -0.119. The third kappa shape index (κ3) is 5.19. The summed E-state index contributed by atoms with van der Waals surface area (Å²) in [6.45, 7) is 5.97. The zero-order chi connectivity index (χ0) is 28.8. The van der Waals surface area contributed by atoms with Crippen LogP contribution in [0.3, 0.4) is 0 Å². The molecule has 40 heavy (non-hydrogen) atoms. The van der Waals surface area contributed by atoms with Crippen molar-refractivity contribution < 1.29 is 23.9 Å². The Kier molecular flexibility index (Phi) is 7.14. The number of dihydropyridines is 1. The number of primary amides is 1. The fraction of sp³-hybridized carbons (Fsp3) is 0.333. The highest BCUT2D eigenvalue weighted by Gasteiger charge is 2.43. The molecule has 4 N–H and O–H groups in total. The first-order valence-electron chi connectivity index (χ1n) is 12.9. The van der Waals surface area contributed by atoms with Gasteiger partial charge in [-0.2, -0.15) is 0 Å². The molecule has 0 fully saturated rings. The molecule has 1 atom stereocenters. The first-order valence-corrected chi connectivity index (χ1v) is 13.8. The van der Waals surface area contributed by atoms with Gasteiger partial charge >= 0.3 is 0 Å². The second-order valence-corrected chi connectivity index (χ2v) is 12.0. The topological polar surface area (TPSA) is 133 Å². The summed E-state index contributed by atoms with van der Waals surface area (Å²) in [5, 5.41) is 6.78. The molecule has 2 heterocycles. The molecule has 1 aliphatic carbocycles. The summed E-state index contributed by atoms with van der Waals surface area (Å²) >= 11 is 1.36. The number of hydrogen-bond acceptors (Lipinski definition) is 8. The second-order valence-electron chi connectivity index (χ2n) is 11.0. The van der Waals surface area contributed by atoms with E-state index in [9.17, 15) is 14.4 Å². The van der Waals surface area contributed by atoms with Crippen LogP contribution < -0.4 is 25.8 Å². The van der Waals surface area contributed by atoms with E-state index in [0.717, 1.165) is 10.4 Å². The van der Waals surface area contributed by atoms with Crippen LogP contribution in [0.15, 0.2) is 58.9 Å². The quantitative estimate of drug-likeness (QED) is 0.385. The number of carbonyl (C=O) groups excluding carboxylic acids is 3. The number of nitrogens with two attached hydrogens (primary N) is 1. The third-order valence-corrected chi connectivity index (χ3v) is 8.25. The predicted octanol–water partition coefficient (Wildman–Crippen LogP) is 4.58. The molecule has 208 valence electrons. The number of amides is 2. The van der Waals surface area contributed by atoms with Crippen LogP contribution in [0.4, 0.5) is 5.13 Å². The van der Waals surface area contributed by atoms with Crippen molar-refractivity contribution >= 4 is 44.3 Å². The SMILES string of the molecule is COc1ccc2sc(NC(=O)C3=C(C)NC4=C(C(=O)CC(C)(C)C4)[C@H]3c3ccc(OC)c(CC(N)=O)c3)nc2c1. The summed E-state index contributed by atoms with van der Waals surface area (Å²) in [6, 6.07) is 10.9. The molecule has 2 aliphatic rings. The number of thiazole rings is 1. The smallest absolute Gasteiger partial charge is 0.256 e. The van der Waals surface area contributed by atoms with Crippen molar-refractivity contribution in [3.63, 3.8) is 0 Å². The highest BCUT2D eigenvalue weighted by Crippen LogP contribution is 2.47. The van der Waals surface area contributed by atoms with Gasteiger partial charge in [0.2, 0.25) is 5.91 Å². The molecule has 0 spiro atoms. The lowest BCUT2D eigenvalue weighted by atomic mass is 9.68. The fourth-order valence-electron chi connectivity index (χ4n) is 5.63. The number of rotatable bonds is 7. The average Bonchev–Trinajstić information content (AvgIpc) is 3.27. The van der Waals surface area contributed by atoms with E-state index in [1.54, 1.807) is 13.2 Å². The van der Waals surface area contributed by atoms with Crippen molar-refractivity contribution in [2.75, 3.05) is 19.5 Å². The molecule has 5 rings (SSSR count). The lowest BCUT2D eigenvalue weighted by Crippen LogP contribution is -2.39. The van der Waals surface area contributed by atoms with Crippen LogP contribution in [-0.2, 0) is 20.8 Å². The van der Waals surface area contributed by atoms with Gasteiger partial charge in [0.15, 0.2) is 10.9 Å². The molecule has 0 radical (unpaired) electrons. The molecule has 10 heteroatoms. The van der Waals surface area contributed by atoms with Gasteiger partial charge in [-0.15, -0.1) is 0 Å². The zero-order valence-electron chi connectivity index (χ0n) is 23.1. The van der Waals surface area contributed by atoms with Crippen molar-refractivity contribution in [2.24, 2.45) is 11.1 Å². The van der Waals surface area contributed by atoms with Crippen LogP contribution >= 0.6 is 11.3 Å². The number of fused-ring (bicyclic) bond motifs is 1. The van der Waals surface area contributed by atoms with E-state index >= 15 is 0 Å². The van der Waals surface area contributed by atoms with E-state index in [0.29, 0.717) is 63.0 Å². The van der Waals surface area contributed by atoms with Gasteiger partial charge in [0.1, 0.15) is 11.5 Å². The zero-order valence-corrected chi connectivity index (χ0v) is 24.0. The summed E-state index contributed by atoms with van der Waals surface area (Å²) in [5.41, 5.74) is 9.77. The highest BCUT2D eigenvalue weighted by molar-refractivity contribution is 7.22. The van der Waals surface area contributed by atoms with Crippen molar-refractivity contribution in [3.05, 3.63) is 70.1 Å². The van der Waals surface area contributed by atoms with Gasteiger partial charge in [-0.1, -0.05) is 37.3 Å². The van der Waals surface area contributed by atoms with Crippen LogP contribution in [0.5, 0.6) is 11.5 Å². The van der Waals surface area contributed by atoms with Crippen LogP contribution in [0, 0.1) is 5.41 Å². The largest absolute Gasteiger partial charge is 0.497 e. The summed E-state index contributed by atoms with van der Waals surface area (Å²) in [4.78, 5) is 44.0. The minimum Gasteiger partial charge on any atom is -0.497 e. The van der Waals surface area contributed by atoms with Gasteiger partial charge in [-0.3, -0.25) is 19.7 Å². The molecular formula is C30H32N4O5S. The number of nitrogens with zero attached hydrogens (tertiary/aromatic N) is 1. The number of allylic oxidation sites excluding steroid dienone is 3. The molecule has 0 saturated carbocycles. The van der Waals surface area contributed by atoms with E-state index < -0.39 is 11.8 Å². The molecular weight excluding hydrogens is 528 g/mol. The number of ketones is 1. The lowest BCUT2D eigenvalue weighted by Gasteiger charge is -2.39. The molecule has 9 nitrogen and oxygen atoms in total. The summed E-state index contributed by atoms with van der Waals surface area (Å²) in [5.74, 6) is -0.341. The standard InChI is InChI=1S/C30H32N4O5S/c1-15-25(28(37)34-29-33-19-12-18(38-4)7-9-23(19)40-29)26(27-20(32-15)13-30(2,3)14-21(27)35)16-6-8-22(39-5)17(10-16)11-24(31)36/h6-10,12,26,32H,11,13-14H2,1-5H3,(H2,31,36)(H,33,34,37)/t26-/m0/s1. The maximum atomic E-state index is 14.0. The van der Waals surface area contributed by atoms with Crippen LogP contribution in [0.25, 0.3) is 10.2 Å². The Labute approximate surface area is 236 Å². The summed E-state index contributed by atoms with van der Waals surface area (Å²) in [7, 11) is 3.11.